The molecule has 7 rings (SSSR count). The van der Waals surface area contributed by atoms with Crippen molar-refractivity contribution in [3.05, 3.63) is 109 Å². The number of ether oxygens (including phenoxy) is 1. The van der Waals surface area contributed by atoms with Crippen molar-refractivity contribution in [3.63, 3.8) is 0 Å². The van der Waals surface area contributed by atoms with Crippen molar-refractivity contribution < 1.29 is 22.0 Å². The van der Waals surface area contributed by atoms with Crippen molar-refractivity contribution in [2.45, 2.75) is 29.6 Å². The molecule has 2 aromatic heterocycles. The Labute approximate surface area is 293 Å². The number of benzene rings is 3. The van der Waals surface area contributed by atoms with Crippen LogP contribution in [0.5, 0.6) is 0 Å². The molecule has 1 amide bonds. The number of pyridine rings is 1. The molecule has 2 fully saturated rings. The van der Waals surface area contributed by atoms with Gasteiger partial charge in [0.1, 0.15) is 0 Å². The molecular weight excluding hydrogens is 675 g/mol. The monoisotopic (exact) mass is 711 g/mol. The van der Waals surface area contributed by atoms with Gasteiger partial charge in [-0.05, 0) is 12.1 Å². The number of carbonyl (C=O) groups excluding carboxylic acids is 1. The number of sulfonamides is 1. The van der Waals surface area contributed by atoms with Crippen molar-refractivity contribution in [2.75, 3.05) is 48.9 Å². The van der Waals surface area contributed by atoms with E-state index in [0.29, 0.717) is 63.3 Å². The molecule has 0 bridgehead atoms. The molecule has 14 heteroatoms. The Morgan fingerprint density at radius 2 is 1.56 bits per heavy atom. The second-order valence-corrected chi connectivity index (χ2v) is 15.6. The summed E-state index contributed by atoms with van der Waals surface area (Å²) in [5, 5.41) is 0.000226. The van der Waals surface area contributed by atoms with Gasteiger partial charge in [0, 0.05) is 0 Å². The minimum atomic E-state index is -3.76. The van der Waals surface area contributed by atoms with Gasteiger partial charge in [0.05, 0.1) is 16.8 Å². The molecule has 0 spiro atoms. The number of hydrogen-bond acceptors (Lipinski definition) is 10. The van der Waals surface area contributed by atoms with E-state index in [1.165, 1.54) is 18.3 Å². The molecule has 4 heterocycles. The van der Waals surface area contributed by atoms with Gasteiger partial charge in [-0.15, -0.1) is 0 Å². The number of rotatable bonds is 7. The minimum absolute atomic E-state index is 0.000226. The van der Waals surface area contributed by atoms with Crippen LogP contribution in [0.1, 0.15) is 18.4 Å². The van der Waals surface area contributed by atoms with Gasteiger partial charge in [-0.1, -0.05) is 18.2 Å². The molecule has 3 aromatic carbocycles. The number of carbonyl (C=O) groups is 1. The number of anilines is 2. The Hall–Kier alpha value is -4.76. The summed E-state index contributed by atoms with van der Waals surface area (Å²) in [6.45, 7) is 3.87. The zero-order chi connectivity index (χ0) is 34.5. The maximum atomic E-state index is 13.5. The number of aromatic nitrogens is 3. The summed E-state index contributed by atoms with van der Waals surface area (Å²) in [5.41, 5.74) is 4.31. The van der Waals surface area contributed by atoms with Gasteiger partial charge in [-0.2, -0.15) is 0 Å². The topological polar surface area (TPSA) is 141 Å². The van der Waals surface area contributed by atoms with Crippen LogP contribution in [0, 0.1) is 0 Å². The maximum absolute atomic E-state index is 13.5. The number of amides is 1. The summed E-state index contributed by atoms with van der Waals surface area (Å²) >= 11 is 0. The zero-order valence-electron chi connectivity index (χ0n) is 27.3. The molecular formula is C36H37N7O5S2. The molecule has 0 aliphatic carbocycles. The van der Waals surface area contributed by atoms with Gasteiger partial charge in [0.15, 0.2) is 0 Å². The van der Waals surface area contributed by atoms with E-state index < -0.39 is 20.9 Å². The van der Waals surface area contributed by atoms with Crippen molar-refractivity contribution in [1.82, 2.24) is 24.2 Å². The second kappa shape index (κ2) is 15.0. The number of piperidine rings is 1. The van der Waals surface area contributed by atoms with E-state index in [4.69, 9.17) is 9.72 Å². The summed E-state index contributed by atoms with van der Waals surface area (Å²) in [4.78, 5) is 30.4. The normalized spacial score (nSPS) is 16.1. The van der Waals surface area contributed by atoms with Gasteiger partial charge in [0.25, 0.3) is 10.0 Å². The van der Waals surface area contributed by atoms with E-state index in [1.54, 1.807) is 41.6 Å². The fourth-order valence-electron chi connectivity index (χ4n) is 6.16. The first-order valence-electron chi connectivity index (χ1n) is 16.5. The summed E-state index contributed by atoms with van der Waals surface area (Å²) in [5.74, 6) is 0.741. The van der Waals surface area contributed by atoms with E-state index in [1.807, 2.05) is 52.8 Å². The zero-order valence-corrected chi connectivity index (χ0v) is 28.9. The average Bonchev–Trinajstić information content (AvgIpc) is 3.17. The third kappa shape index (κ3) is 7.83. The van der Waals surface area contributed by atoms with Crippen LogP contribution in [-0.4, -0.2) is 83.2 Å². The molecule has 2 saturated heterocycles. The summed E-state index contributed by atoms with van der Waals surface area (Å²) in [6.07, 6.45) is 5.93. The molecule has 2 aliphatic heterocycles. The first-order chi connectivity index (χ1) is 24.3. The number of nitrogens with one attached hydrogen (secondary N) is 1. The molecule has 5 aromatic rings. The molecule has 258 valence electrons. The average molecular weight is 712 g/mol. The first kappa shape index (κ1) is 33.7. The SMILES string of the molecule is O=C(OCc1ccccc1)N1CCC([S-](#[O+])N2CCN(c3cnc4ccc(-c5cncc(NS(=O)(=O)c6ccccc6)c5)cc4n3)CC2)CC1. The van der Waals surface area contributed by atoms with E-state index in [2.05, 4.69) is 19.6 Å². The predicted molar refractivity (Wildman–Crippen MR) is 193 cm³/mol. The Bertz CT molecular complexity index is 2150. The van der Waals surface area contributed by atoms with E-state index in [-0.39, 0.29) is 22.8 Å². The summed E-state index contributed by atoms with van der Waals surface area (Å²) in [6, 6.07) is 25.3. The molecule has 2 aliphatic rings. The molecule has 1 N–H and O–H groups in total. The molecule has 0 saturated carbocycles. The number of likely N-dealkylation sites (tertiary alicyclic amines) is 1. The van der Waals surface area contributed by atoms with Crippen LogP contribution in [0.2, 0.25) is 0 Å². The van der Waals surface area contributed by atoms with Crippen molar-refractivity contribution >= 4 is 49.5 Å². The third-order valence-electron chi connectivity index (χ3n) is 8.91. The molecule has 0 unspecified atom stereocenters. The van der Waals surface area contributed by atoms with Gasteiger partial charge < -0.3 is 0 Å². The van der Waals surface area contributed by atoms with E-state index in [0.717, 1.165) is 28.0 Å². The Morgan fingerprint density at radius 1 is 0.840 bits per heavy atom. The number of piperazine rings is 1. The van der Waals surface area contributed by atoms with E-state index in [9.17, 15) is 17.3 Å². The second-order valence-electron chi connectivity index (χ2n) is 12.2. The van der Waals surface area contributed by atoms with Crippen molar-refractivity contribution in [1.29, 1.82) is 0 Å². The van der Waals surface area contributed by atoms with Gasteiger partial charge in [-0.25, -0.2) is 8.42 Å². The first-order valence-corrected chi connectivity index (χ1v) is 19.1. The van der Waals surface area contributed by atoms with Crippen LogP contribution in [0.25, 0.3) is 22.2 Å². The number of nitrogens with zero attached hydrogens (tertiary/aromatic N) is 6. The summed E-state index contributed by atoms with van der Waals surface area (Å²) in [7, 11) is -4.90. The van der Waals surface area contributed by atoms with Crippen LogP contribution in [-0.2, 0) is 36.2 Å². The fourth-order valence-corrected chi connectivity index (χ4v) is 8.77. The van der Waals surface area contributed by atoms with Gasteiger partial charge >= 0.3 is 219 Å². The van der Waals surface area contributed by atoms with Crippen LogP contribution in [0.4, 0.5) is 16.3 Å². The Morgan fingerprint density at radius 3 is 2.30 bits per heavy atom. The number of hydrogen-bond donors (Lipinski definition) is 1. The van der Waals surface area contributed by atoms with Crippen LogP contribution in [0.3, 0.4) is 0 Å². The van der Waals surface area contributed by atoms with Crippen LogP contribution in [0.15, 0.2) is 108 Å². The third-order valence-corrected chi connectivity index (χ3v) is 12.2. The molecule has 0 radical (unpaired) electrons. The fraction of sp³-hybridized carbons (Fsp3) is 0.278. The summed E-state index contributed by atoms with van der Waals surface area (Å²) < 4.78 is 49.3. The standard InChI is InChI=1S/C36H37N7O5S2/c44-36(48-26-27-7-3-1-4-8-27)42-15-13-31(14-16-42)49(45)43-19-17-41(18-20-43)35-25-38-33-12-11-28(22-34(33)39-35)29-21-30(24-37-23-29)40-50(46,47)32-9-5-2-6-10-32/h1-12,21-25,31,40H,13-20,26H2. The Balaban J connectivity index is 0.942. The van der Waals surface area contributed by atoms with Crippen molar-refractivity contribution in [3.8, 4) is 11.1 Å². The van der Waals surface area contributed by atoms with Crippen LogP contribution >= 0.6 is 0 Å². The molecule has 0 atom stereocenters. The quantitative estimate of drug-likeness (QED) is 0.176. The Kier molecular flexibility index (Phi) is 10.1. The van der Waals surface area contributed by atoms with E-state index >= 15 is 0 Å². The molecule has 50 heavy (non-hydrogen) atoms. The molecule has 12 nitrogen and oxygen atoms in total. The van der Waals surface area contributed by atoms with Crippen LogP contribution < -0.4 is 9.62 Å². The number of fused-ring (bicyclic) bond motifs is 1. The van der Waals surface area contributed by atoms with Gasteiger partial charge in [-0.3, -0.25) is 9.71 Å². The van der Waals surface area contributed by atoms with Gasteiger partial charge in [0.2, 0.25) is 0 Å². The van der Waals surface area contributed by atoms with Crippen molar-refractivity contribution in [2.24, 2.45) is 0 Å². The predicted octanol–water partition coefficient (Wildman–Crippen LogP) is 5.29.